The van der Waals surface area contributed by atoms with E-state index in [1.54, 1.807) is 0 Å². The lowest BCUT2D eigenvalue weighted by Gasteiger charge is -1.88. The molecule has 0 aliphatic heterocycles. The van der Waals surface area contributed by atoms with E-state index in [9.17, 15) is 4.79 Å². The van der Waals surface area contributed by atoms with Gasteiger partial charge in [0.25, 0.3) is 0 Å². The highest BCUT2D eigenvalue weighted by Gasteiger charge is 1.97. The largest absolute Gasteiger partial charge is 0.478 e. The van der Waals surface area contributed by atoms with Crippen molar-refractivity contribution in [3.05, 3.63) is 22.7 Å². The molecule has 9 heavy (non-hydrogen) atoms. The van der Waals surface area contributed by atoms with E-state index in [1.807, 2.05) is 0 Å². The Hall–Kier alpha value is -0.570. The number of hydrogen-bond acceptors (Lipinski definition) is 1. The molecule has 0 aromatic heterocycles. The standard InChI is InChI=1S/C6H7BrO2/c1-4(6(8)9)3-5(2)7/h3H,2H2,1H3,(H,8,9). The molecule has 0 amide bonds. The first-order chi connectivity index (χ1) is 4.04. The van der Waals surface area contributed by atoms with E-state index in [4.69, 9.17) is 5.11 Å². The number of halogens is 1. The lowest BCUT2D eigenvalue weighted by molar-refractivity contribution is -0.132. The van der Waals surface area contributed by atoms with Crippen molar-refractivity contribution in [1.29, 1.82) is 0 Å². The predicted octanol–water partition coefficient (Wildman–Crippen LogP) is 1.93. The molecule has 0 radical (unpaired) electrons. The molecule has 0 saturated heterocycles. The van der Waals surface area contributed by atoms with Gasteiger partial charge in [0.1, 0.15) is 0 Å². The van der Waals surface area contributed by atoms with Gasteiger partial charge in [0.2, 0.25) is 0 Å². The Bertz CT molecular complexity index is 170. The molecular weight excluding hydrogens is 184 g/mol. The topological polar surface area (TPSA) is 37.3 Å². The highest BCUT2D eigenvalue weighted by molar-refractivity contribution is 9.11. The van der Waals surface area contributed by atoms with Crippen LogP contribution in [0, 0.1) is 0 Å². The lowest BCUT2D eigenvalue weighted by atomic mass is 10.3. The Morgan fingerprint density at radius 1 is 1.78 bits per heavy atom. The second kappa shape index (κ2) is 3.45. The zero-order chi connectivity index (χ0) is 7.44. The van der Waals surface area contributed by atoms with E-state index in [1.165, 1.54) is 13.0 Å². The average molecular weight is 191 g/mol. The van der Waals surface area contributed by atoms with Crippen LogP contribution in [0.4, 0.5) is 0 Å². The molecule has 1 N–H and O–H groups in total. The third-order valence-electron chi connectivity index (χ3n) is 0.710. The molecule has 0 aromatic carbocycles. The van der Waals surface area contributed by atoms with Crippen LogP contribution in [0.15, 0.2) is 22.7 Å². The highest BCUT2D eigenvalue weighted by atomic mass is 79.9. The van der Waals surface area contributed by atoms with Crippen molar-refractivity contribution < 1.29 is 9.90 Å². The van der Waals surface area contributed by atoms with Gasteiger partial charge in [0, 0.05) is 10.1 Å². The van der Waals surface area contributed by atoms with Gasteiger partial charge < -0.3 is 5.11 Å². The fourth-order valence-electron chi connectivity index (χ4n) is 0.297. The number of allylic oxidation sites excluding steroid dienone is 2. The van der Waals surface area contributed by atoms with Crippen molar-refractivity contribution in [1.82, 2.24) is 0 Å². The second-order valence-corrected chi connectivity index (χ2v) is 2.60. The molecule has 0 aliphatic carbocycles. The van der Waals surface area contributed by atoms with E-state index in [2.05, 4.69) is 22.5 Å². The van der Waals surface area contributed by atoms with Crippen LogP contribution in [0.25, 0.3) is 0 Å². The Labute approximate surface area is 62.0 Å². The van der Waals surface area contributed by atoms with Crippen LogP contribution >= 0.6 is 15.9 Å². The first-order valence-electron chi connectivity index (χ1n) is 2.30. The normalized spacial score (nSPS) is 11.1. The van der Waals surface area contributed by atoms with Crippen LogP contribution in [-0.4, -0.2) is 11.1 Å². The van der Waals surface area contributed by atoms with Crippen molar-refractivity contribution in [2.45, 2.75) is 6.92 Å². The summed E-state index contributed by atoms with van der Waals surface area (Å²) in [6, 6.07) is 0. The van der Waals surface area contributed by atoms with Gasteiger partial charge in [-0.25, -0.2) is 4.79 Å². The third kappa shape index (κ3) is 3.97. The molecule has 0 heterocycles. The van der Waals surface area contributed by atoms with Gasteiger partial charge in [-0.2, -0.15) is 0 Å². The first kappa shape index (κ1) is 8.43. The summed E-state index contributed by atoms with van der Waals surface area (Å²) in [6.07, 6.45) is 1.45. The number of carboxylic acids is 1. The SMILES string of the molecule is C=C(Br)C=C(C)C(=O)O. The predicted molar refractivity (Wildman–Crippen MR) is 39.5 cm³/mol. The van der Waals surface area contributed by atoms with Crippen LogP contribution in [0.5, 0.6) is 0 Å². The van der Waals surface area contributed by atoms with E-state index < -0.39 is 5.97 Å². The van der Waals surface area contributed by atoms with Gasteiger partial charge in [-0.3, -0.25) is 0 Å². The zero-order valence-electron chi connectivity index (χ0n) is 5.02. The minimum Gasteiger partial charge on any atom is -0.478 e. The summed E-state index contributed by atoms with van der Waals surface area (Å²) in [5, 5.41) is 8.30. The summed E-state index contributed by atoms with van der Waals surface area (Å²) in [5.74, 6) is -0.921. The zero-order valence-corrected chi connectivity index (χ0v) is 6.60. The maximum absolute atomic E-state index is 10.1. The first-order valence-corrected chi connectivity index (χ1v) is 3.09. The molecule has 0 bridgehead atoms. The Kier molecular flexibility index (Phi) is 3.24. The van der Waals surface area contributed by atoms with Gasteiger partial charge in [-0.1, -0.05) is 22.5 Å². The van der Waals surface area contributed by atoms with Crippen molar-refractivity contribution in [3.63, 3.8) is 0 Å². The number of aliphatic carboxylic acids is 1. The van der Waals surface area contributed by atoms with Crippen molar-refractivity contribution in [2.75, 3.05) is 0 Å². The number of carboxylic acid groups (broad SMARTS) is 1. The summed E-state index contributed by atoms with van der Waals surface area (Å²) in [4.78, 5) is 10.1. The van der Waals surface area contributed by atoms with E-state index in [-0.39, 0.29) is 5.57 Å². The van der Waals surface area contributed by atoms with Crippen molar-refractivity contribution >= 4 is 21.9 Å². The van der Waals surface area contributed by atoms with Crippen LogP contribution in [0.1, 0.15) is 6.92 Å². The van der Waals surface area contributed by atoms with Crippen LogP contribution in [0.3, 0.4) is 0 Å². The molecule has 0 atom stereocenters. The maximum Gasteiger partial charge on any atom is 0.331 e. The Balaban J connectivity index is 4.17. The number of hydrogen-bond donors (Lipinski definition) is 1. The summed E-state index contributed by atoms with van der Waals surface area (Å²) in [5.41, 5.74) is 0.275. The van der Waals surface area contributed by atoms with Gasteiger partial charge >= 0.3 is 5.97 Å². The Morgan fingerprint density at radius 3 is 2.33 bits per heavy atom. The molecular formula is C6H7BrO2. The smallest absolute Gasteiger partial charge is 0.331 e. The second-order valence-electron chi connectivity index (χ2n) is 1.58. The summed E-state index contributed by atoms with van der Waals surface area (Å²) in [7, 11) is 0. The van der Waals surface area contributed by atoms with Gasteiger partial charge in [-0.15, -0.1) is 0 Å². The quantitative estimate of drug-likeness (QED) is 0.534. The monoisotopic (exact) mass is 190 g/mol. The number of rotatable bonds is 2. The maximum atomic E-state index is 10.1. The molecule has 3 heteroatoms. The van der Waals surface area contributed by atoms with Crippen molar-refractivity contribution in [2.24, 2.45) is 0 Å². The molecule has 0 unspecified atom stereocenters. The van der Waals surface area contributed by atoms with Crippen LogP contribution < -0.4 is 0 Å². The molecule has 0 aliphatic rings. The molecule has 2 nitrogen and oxygen atoms in total. The molecule has 0 saturated carbocycles. The summed E-state index contributed by atoms with van der Waals surface area (Å²) >= 11 is 3.01. The average Bonchev–Trinajstić information content (AvgIpc) is 1.63. The molecule has 0 aromatic rings. The lowest BCUT2D eigenvalue weighted by Crippen LogP contribution is -1.94. The van der Waals surface area contributed by atoms with Gasteiger partial charge in [0.05, 0.1) is 0 Å². The molecule has 0 rings (SSSR count). The minimum absolute atomic E-state index is 0.275. The molecule has 50 valence electrons. The molecule has 0 spiro atoms. The summed E-state index contributed by atoms with van der Waals surface area (Å²) < 4.78 is 0.572. The fraction of sp³-hybridized carbons (Fsp3) is 0.167. The van der Waals surface area contributed by atoms with Crippen LogP contribution in [-0.2, 0) is 4.79 Å². The van der Waals surface area contributed by atoms with Crippen LogP contribution in [0.2, 0.25) is 0 Å². The van der Waals surface area contributed by atoms with Gasteiger partial charge in [-0.05, 0) is 13.0 Å². The molecule has 0 fully saturated rings. The third-order valence-corrected chi connectivity index (χ3v) is 0.939. The highest BCUT2D eigenvalue weighted by Crippen LogP contribution is 2.05. The van der Waals surface area contributed by atoms with E-state index in [0.717, 1.165) is 0 Å². The summed E-state index contributed by atoms with van der Waals surface area (Å²) in [6.45, 7) is 4.96. The Morgan fingerprint density at radius 2 is 2.22 bits per heavy atom. The van der Waals surface area contributed by atoms with E-state index in [0.29, 0.717) is 4.48 Å². The number of carbonyl (C=O) groups is 1. The van der Waals surface area contributed by atoms with E-state index >= 15 is 0 Å². The van der Waals surface area contributed by atoms with Gasteiger partial charge in [0.15, 0.2) is 0 Å². The van der Waals surface area contributed by atoms with Crippen molar-refractivity contribution in [3.8, 4) is 0 Å². The minimum atomic E-state index is -0.921. The fourth-order valence-corrected chi connectivity index (χ4v) is 0.640.